The van der Waals surface area contributed by atoms with Crippen LogP contribution < -0.4 is 10.9 Å². The first-order valence-electron chi connectivity index (χ1n) is 11.5. The Bertz CT molecular complexity index is 1250. The number of carbonyl (C=O) groups is 2. The summed E-state index contributed by atoms with van der Waals surface area (Å²) in [7, 11) is 0. The zero-order chi connectivity index (χ0) is 24.8. The molecular formula is C28H28N4O3. The van der Waals surface area contributed by atoms with E-state index >= 15 is 0 Å². The first kappa shape index (κ1) is 23.9. The van der Waals surface area contributed by atoms with Gasteiger partial charge in [-0.2, -0.15) is 10.2 Å². The van der Waals surface area contributed by atoms with Gasteiger partial charge in [0.15, 0.2) is 6.04 Å². The van der Waals surface area contributed by atoms with E-state index in [9.17, 15) is 9.59 Å². The summed E-state index contributed by atoms with van der Waals surface area (Å²) in [4.78, 5) is 25.6. The van der Waals surface area contributed by atoms with E-state index in [4.69, 9.17) is 4.74 Å². The summed E-state index contributed by atoms with van der Waals surface area (Å²) in [5.74, 6) is -1.18. The normalized spacial score (nSPS) is 17.3. The van der Waals surface area contributed by atoms with Gasteiger partial charge < -0.3 is 4.74 Å². The number of amides is 1. The topological polar surface area (TPSA) is 92.2 Å². The summed E-state index contributed by atoms with van der Waals surface area (Å²) >= 11 is 0. The third kappa shape index (κ3) is 5.46. The van der Waals surface area contributed by atoms with Crippen LogP contribution in [0.15, 0.2) is 89.1 Å². The lowest BCUT2D eigenvalue weighted by molar-refractivity contribution is -0.145. The number of hydrogen-bond acceptors (Lipinski definition) is 6. The highest BCUT2D eigenvalue weighted by molar-refractivity contribution is 6.50. The van der Waals surface area contributed by atoms with E-state index in [1.165, 1.54) is 0 Å². The monoisotopic (exact) mass is 468 g/mol. The number of rotatable bonds is 7. The van der Waals surface area contributed by atoms with Crippen molar-refractivity contribution in [3.63, 3.8) is 0 Å². The molecule has 1 aliphatic heterocycles. The highest BCUT2D eigenvalue weighted by atomic mass is 16.5. The van der Waals surface area contributed by atoms with Crippen molar-refractivity contribution in [2.45, 2.75) is 32.7 Å². The number of nitrogens with zero attached hydrogens (tertiary/aromatic N) is 2. The molecule has 0 fully saturated rings. The Labute approximate surface area is 204 Å². The molecule has 1 aliphatic rings. The first-order chi connectivity index (χ1) is 17.0. The van der Waals surface area contributed by atoms with Crippen LogP contribution in [0.4, 0.5) is 0 Å². The van der Waals surface area contributed by atoms with Gasteiger partial charge in [-0.15, -0.1) is 0 Å². The fourth-order valence-corrected chi connectivity index (χ4v) is 3.93. The molecule has 7 nitrogen and oxygen atoms in total. The maximum atomic E-state index is 12.8. The zero-order valence-corrected chi connectivity index (χ0v) is 20.0. The molecule has 2 atom stereocenters. The predicted molar refractivity (Wildman–Crippen MR) is 137 cm³/mol. The fourth-order valence-electron chi connectivity index (χ4n) is 3.93. The van der Waals surface area contributed by atoms with Gasteiger partial charge in [0.25, 0.3) is 5.91 Å². The molecule has 0 saturated carbocycles. The van der Waals surface area contributed by atoms with Crippen molar-refractivity contribution in [1.82, 2.24) is 10.9 Å². The lowest BCUT2D eigenvalue weighted by Crippen LogP contribution is -2.39. The van der Waals surface area contributed by atoms with Crippen molar-refractivity contribution in [3.05, 3.63) is 107 Å². The molecule has 35 heavy (non-hydrogen) atoms. The van der Waals surface area contributed by atoms with Crippen LogP contribution in [0, 0.1) is 13.8 Å². The predicted octanol–water partition coefficient (Wildman–Crippen LogP) is 4.11. The van der Waals surface area contributed by atoms with E-state index in [-0.39, 0.29) is 12.5 Å². The zero-order valence-electron chi connectivity index (χ0n) is 20.0. The van der Waals surface area contributed by atoms with Gasteiger partial charge in [0.05, 0.1) is 18.2 Å². The summed E-state index contributed by atoms with van der Waals surface area (Å²) in [5, 5.41) is 9.04. The van der Waals surface area contributed by atoms with Crippen molar-refractivity contribution in [2.24, 2.45) is 10.2 Å². The molecule has 0 aromatic heterocycles. The standard InChI is InChI=1S/C28H28N4O3/c1-4-35-28(34)26-23(20-8-6-5-7-9-20)25(30-31-26)24(21-14-10-18(2)11-15-21)29-32-27(33)22-16-12-19(3)13-17-22/h5-17,23,26,31H,4H2,1-3H3,(H,32,33)/b29-24+. The molecule has 1 amide bonds. The molecule has 0 radical (unpaired) electrons. The van der Waals surface area contributed by atoms with E-state index < -0.39 is 17.9 Å². The second kappa shape index (κ2) is 10.8. The SMILES string of the molecule is CCOC(=O)C1NN=C(/C(=N/NC(=O)c2ccc(C)cc2)c2ccc(C)cc2)C1c1ccccc1. The lowest BCUT2D eigenvalue weighted by atomic mass is 9.84. The Morgan fingerprint density at radius 2 is 1.51 bits per heavy atom. The van der Waals surface area contributed by atoms with Crippen molar-refractivity contribution >= 4 is 23.3 Å². The number of esters is 1. The van der Waals surface area contributed by atoms with Crippen LogP contribution >= 0.6 is 0 Å². The Morgan fingerprint density at radius 3 is 2.11 bits per heavy atom. The van der Waals surface area contributed by atoms with Gasteiger partial charge in [0.2, 0.25) is 0 Å². The molecule has 0 bridgehead atoms. The summed E-state index contributed by atoms with van der Waals surface area (Å²) in [5.41, 5.74) is 10.9. The van der Waals surface area contributed by atoms with Gasteiger partial charge in [-0.05, 0) is 38.5 Å². The molecule has 3 aromatic rings. The second-order valence-electron chi connectivity index (χ2n) is 8.38. The molecule has 4 rings (SSSR count). The number of hydrogen-bond donors (Lipinski definition) is 2. The average Bonchev–Trinajstić information content (AvgIpc) is 3.31. The van der Waals surface area contributed by atoms with Gasteiger partial charge in [0.1, 0.15) is 5.71 Å². The van der Waals surface area contributed by atoms with Crippen molar-refractivity contribution in [1.29, 1.82) is 0 Å². The minimum absolute atomic E-state index is 0.263. The molecule has 0 aliphatic carbocycles. The van der Waals surface area contributed by atoms with Crippen LogP contribution in [-0.2, 0) is 9.53 Å². The number of carbonyl (C=O) groups excluding carboxylic acids is 2. The minimum atomic E-state index is -0.712. The summed E-state index contributed by atoms with van der Waals surface area (Å²) in [6.07, 6.45) is 0. The number of nitrogens with one attached hydrogen (secondary N) is 2. The molecule has 2 N–H and O–H groups in total. The van der Waals surface area contributed by atoms with E-state index in [0.29, 0.717) is 17.0 Å². The largest absolute Gasteiger partial charge is 0.464 e. The van der Waals surface area contributed by atoms with Crippen molar-refractivity contribution in [2.75, 3.05) is 6.61 Å². The van der Waals surface area contributed by atoms with E-state index in [2.05, 4.69) is 21.1 Å². The quantitative estimate of drug-likeness (QED) is 0.310. The van der Waals surface area contributed by atoms with E-state index in [1.807, 2.05) is 80.6 Å². The average molecular weight is 469 g/mol. The summed E-state index contributed by atoms with van der Waals surface area (Å²) < 4.78 is 5.31. The first-order valence-corrected chi connectivity index (χ1v) is 11.5. The van der Waals surface area contributed by atoms with Crippen LogP contribution in [0.5, 0.6) is 0 Å². The Hall–Kier alpha value is -4.26. The molecule has 7 heteroatoms. The van der Waals surface area contributed by atoms with Gasteiger partial charge in [0, 0.05) is 11.1 Å². The van der Waals surface area contributed by atoms with Crippen molar-refractivity contribution < 1.29 is 14.3 Å². The summed E-state index contributed by atoms with van der Waals surface area (Å²) in [6, 6.07) is 24.0. The second-order valence-corrected chi connectivity index (χ2v) is 8.38. The summed E-state index contributed by atoms with van der Waals surface area (Å²) in [6.45, 7) is 5.99. The van der Waals surface area contributed by atoms with E-state index in [1.54, 1.807) is 19.1 Å². The smallest absolute Gasteiger partial charge is 0.331 e. The maximum Gasteiger partial charge on any atom is 0.331 e. The minimum Gasteiger partial charge on any atom is -0.464 e. The van der Waals surface area contributed by atoms with Crippen LogP contribution in [0.2, 0.25) is 0 Å². The number of benzene rings is 3. The third-order valence-electron chi connectivity index (χ3n) is 5.80. The lowest BCUT2D eigenvalue weighted by Gasteiger charge is -2.20. The third-order valence-corrected chi connectivity index (χ3v) is 5.80. The molecule has 178 valence electrons. The highest BCUT2D eigenvalue weighted by Crippen LogP contribution is 2.29. The molecule has 0 spiro atoms. The van der Waals surface area contributed by atoms with Crippen LogP contribution in [-0.4, -0.2) is 35.9 Å². The maximum absolute atomic E-state index is 12.8. The molecule has 0 saturated heterocycles. The van der Waals surface area contributed by atoms with Gasteiger partial charge in [-0.25, -0.2) is 10.2 Å². The van der Waals surface area contributed by atoms with E-state index in [0.717, 1.165) is 22.3 Å². The van der Waals surface area contributed by atoms with Crippen LogP contribution in [0.25, 0.3) is 0 Å². The van der Waals surface area contributed by atoms with Gasteiger partial charge in [-0.3, -0.25) is 10.2 Å². The molecule has 1 heterocycles. The highest BCUT2D eigenvalue weighted by Gasteiger charge is 2.41. The Balaban J connectivity index is 1.74. The number of hydrazone groups is 2. The van der Waals surface area contributed by atoms with Crippen molar-refractivity contribution in [3.8, 4) is 0 Å². The van der Waals surface area contributed by atoms with Gasteiger partial charge in [-0.1, -0.05) is 77.9 Å². The Morgan fingerprint density at radius 1 is 0.914 bits per heavy atom. The van der Waals surface area contributed by atoms with Crippen LogP contribution in [0.1, 0.15) is 45.5 Å². The molecular weight excluding hydrogens is 440 g/mol. The fraction of sp³-hybridized carbons (Fsp3) is 0.214. The van der Waals surface area contributed by atoms with Crippen LogP contribution in [0.3, 0.4) is 0 Å². The molecule has 3 aromatic carbocycles. The molecule has 2 unspecified atom stereocenters. The number of aryl methyl sites for hydroxylation is 2. The van der Waals surface area contributed by atoms with Gasteiger partial charge >= 0.3 is 5.97 Å². The Kier molecular flexibility index (Phi) is 7.35. The number of ether oxygens (including phenoxy) is 1.